The van der Waals surface area contributed by atoms with Gasteiger partial charge in [0.05, 0.1) is 0 Å². The first-order chi connectivity index (χ1) is 7.13. The molecule has 0 radical (unpaired) electrons. The molecule has 0 bridgehead atoms. The topological polar surface area (TPSA) is 37.8 Å². The number of nitrogens with zero attached hydrogens (tertiary/aromatic N) is 1. The molecule has 2 rings (SSSR count). The first-order valence-corrected chi connectivity index (χ1v) is 5.34. The zero-order chi connectivity index (χ0) is 11.0. The molecule has 0 saturated carbocycles. The maximum Gasteiger partial charge on any atom is 0.272 e. The highest BCUT2D eigenvalue weighted by Crippen LogP contribution is 2.18. The Bertz CT molecular complexity index is 536. The van der Waals surface area contributed by atoms with Crippen LogP contribution in [0.2, 0.25) is 0 Å². The molecule has 0 amide bonds. The van der Waals surface area contributed by atoms with E-state index in [-0.39, 0.29) is 5.56 Å². The highest BCUT2D eigenvalue weighted by Gasteiger charge is 2.09. The summed E-state index contributed by atoms with van der Waals surface area (Å²) >= 11 is 0. The van der Waals surface area contributed by atoms with Gasteiger partial charge in [-0.25, -0.2) is 0 Å². The molecule has 1 atom stereocenters. The molecule has 3 nitrogen and oxygen atoms in total. The molecule has 2 aromatic rings. The number of aromatic nitrogens is 2. The fourth-order valence-electron chi connectivity index (χ4n) is 1.90. The zero-order valence-corrected chi connectivity index (χ0v) is 9.37. The molecule has 2 heterocycles. The van der Waals surface area contributed by atoms with Crippen LogP contribution in [-0.4, -0.2) is 9.55 Å². The third kappa shape index (κ3) is 1.58. The fourth-order valence-corrected chi connectivity index (χ4v) is 1.90. The van der Waals surface area contributed by atoms with Crippen LogP contribution in [0, 0.1) is 6.92 Å². The molecule has 1 unspecified atom stereocenters. The molecule has 0 aliphatic rings. The highest BCUT2D eigenvalue weighted by molar-refractivity contribution is 5.79. The van der Waals surface area contributed by atoms with Crippen LogP contribution in [-0.2, 0) is 0 Å². The Balaban J connectivity index is 2.75. The van der Waals surface area contributed by atoms with Crippen LogP contribution in [0.4, 0.5) is 0 Å². The van der Waals surface area contributed by atoms with Gasteiger partial charge < -0.3 is 9.55 Å². The monoisotopic (exact) mass is 204 g/mol. The lowest BCUT2D eigenvalue weighted by molar-refractivity contribution is 0.547. The molecular weight excluding hydrogens is 188 g/mol. The average Bonchev–Trinajstić information content (AvgIpc) is 2.60. The van der Waals surface area contributed by atoms with E-state index < -0.39 is 0 Å². The Kier molecular flexibility index (Phi) is 2.39. The second-order valence-electron chi connectivity index (χ2n) is 4.07. The summed E-state index contributed by atoms with van der Waals surface area (Å²) in [7, 11) is 0. The number of hydrogen-bond donors (Lipinski definition) is 1. The number of nitrogens with one attached hydrogen (secondary N) is 1. The molecule has 3 heteroatoms. The lowest BCUT2D eigenvalue weighted by Gasteiger charge is -2.11. The number of aromatic amines is 1. The van der Waals surface area contributed by atoms with E-state index in [0.29, 0.717) is 6.04 Å². The van der Waals surface area contributed by atoms with Gasteiger partial charge in [0.25, 0.3) is 5.56 Å². The number of pyridine rings is 1. The number of H-pyrrole nitrogens is 1. The van der Waals surface area contributed by atoms with Crippen molar-refractivity contribution in [3.8, 4) is 0 Å². The van der Waals surface area contributed by atoms with Crippen molar-refractivity contribution >= 4 is 10.9 Å². The Morgan fingerprint density at radius 2 is 2.27 bits per heavy atom. The van der Waals surface area contributed by atoms with E-state index in [9.17, 15) is 4.79 Å². The van der Waals surface area contributed by atoms with Gasteiger partial charge in [-0.05, 0) is 32.4 Å². The molecule has 0 aromatic carbocycles. The molecule has 1 N–H and O–H groups in total. The van der Waals surface area contributed by atoms with E-state index in [1.165, 1.54) is 0 Å². The van der Waals surface area contributed by atoms with Crippen molar-refractivity contribution < 1.29 is 0 Å². The van der Waals surface area contributed by atoms with Crippen LogP contribution in [0.15, 0.2) is 23.1 Å². The van der Waals surface area contributed by atoms with Gasteiger partial charge in [-0.1, -0.05) is 6.92 Å². The molecule has 0 aliphatic heterocycles. The van der Waals surface area contributed by atoms with Gasteiger partial charge in [0.1, 0.15) is 5.52 Å². The van der Waals surface area contributed by atoms with Crippen molar-refractivity contribution in [3.63, 3.8) is 0 Å². The molecule has 80 valence electrons. The first-order valence-electron chi connectivity index (χ1n) is 5.34. The van der Waals surface area contributed by atoms with E-state index in [4.69, 9.17) is 0 Å². The normalized spacial score (nSPS) is 13.3. The molecule has 0 fully saturated rings. The van der Waals surface area contributed by atoms with Crippen molar-refractivity contribution in [2.45, 2.75) is 33.2 Å². The summed E-state index contributed by atoms with van der Waals surface area (Å²) in [6.07, 6.45) is 3.02. The summed E-state index contributed by atoms with van der Waals surface area (Å²) in [5.74, 6) is 0. The minimum atomic E-state index is 0.00954. The summed E-state index contributed by atoms with van der Waals surface area (Å²) in [4.78, 5) is 14.7. The van der Waals surface area contributed by atoms with Gasteiger partial charge in [0.2, 0.25) is 0 Å². The van der Waals surface area contributed by atoms with E-state index in [2.05, 4.69) is 18.8 Å². The zero-order valence-electron chi connectivity index (χ0n) is 9.37. The van der Waals surface area contributed by atoms with E-state index in [1.54, 1.807) is 0 Å². The van der Waals surface area contributed by atoms with Gasteiger partial charge >= 0.3 is 0 Å². The smallest absolute Gasteiger partial charge is 0.272 e. The van der Waals surface area contributed by atoms with Crippen molar-refractivity contribution in [3.05, 3.63) is 34.4 Å². The molecule has 0 spiro atoms. The molecular formula is C12H16N2O. The predicted molar refractivity (Wildman–Crippen MR) is 62.3 cm³/mol. The quantitative estimate of drug-likeness (QED) is 0.802. The van der Waals surface area contributed by atoms with Crippen LogP contribution in [0.5, 0.6) is 0 Å². The Morgan fingerprint density at radius 3 is 2.93 bits per heavy atom. The summed E-state index contributed by atoms with van der Waals surface area (Å²) in [5, 5.41) is 1.02. The lowest BCUT2D eigenvalue weighted by atomic mass is 10.2. The Hall–Kier alpha value is -1.51. The standard InChI is InChI=1S/C12H16N2O/c1-4-9(3)14-6-5-10-7-8(2)13-12(15)11(10)14/h5-7,9H,4H2,1-3H3,(H,13,15). The van der Waals surface area contributed by atoms with Gasteiger partial charge in [0.15, 0.2) is 0 Å². The SMILES string of the molecule is CCC(C)n1ccc2cc(C)[nH]c(=O)c21. The minimum absolute atomic E-state index is 0.00954. The van der Waals surface area contributed by atoms with Gasteiger partial charge in [0, 0.05) is 23.3 Å². The van der Waals surface area contributed by atoms with Gasteiger partial charge in [-0.15, -0.1) is 0 Å². The van der Waals surface area contributed by atoms with Crippen LogP contribution in [0.3, 0.4) is 0 Å². The lowest BCUT2D eigenvalue weighted by Crippen LogP contribution is -2.13. The van der Waals surface area contributed by atoms with Crippen molar-refractivity contribution in [1.82, 2.24) is 9.55 Å². The molecule has 0 aliphatic carbocycles. The van der Waals surface area contributed by atoms with Crippen LogP contribution in [0.25, 0.3) is 10.9 Å². The van der Waals surface area contributed by atoms with Gasteiger partial charge in [-0.2, -0.15) is 0 Å². The van der Waals surface area contributed by atoms with Crippen molar-refractivity contribution in [1.29, 1.82) is 0 Å². The molecule has 2 aromatic heterocycles. The molecule has 15 heavy (non-hydrogen) atoms. The number of hydrogen-bond acceptors (Lipinski definition) is 1. The van der Waals surface area contributed by atoms with E-state index in [0.717, 1.165) is 23.0 Å². The van der Waals surface area contributed by atoms with Crippen molar-refractivity contribution in [2.75, 3.05) is 0 Å². The maximum atomic E-state index is 11.8. The summed E-state index contributed by atoms with van der Waals surface area (Å²) in [6.45, 7) is 6.15. The van der Waals surface area contributed by atoms with Crippen molar-refractivity contribution in [2.24, 2.45) is 0 Å². The number of fused-ring (bicyclic) bond motifs is 1. The third-order valence-corrected chi connectivity index (χ3v) is 2.91. The van der Waals surface area contributed by atoms with Gasteiger partial charge in [-0.3, -0.25) is 4.79 Å². The second kappa shape index (κ2) is 3.57. The predicted octanol–water partition coefficient (Wildman–Crippen LogP) is 2.61. The number of aryl methyl sites for hydroxylation is 1. The average molecular weight is 204 g/mol. The first kappa shape index (κ1) is 10.0. The van der Waals surface area contributed by atoms with E-state index >= 15 is 0 Å². The minimum Gasteiger partial charge on any atom is -0.340 e. The number of rotatable bonds is 2. The second-order valence-corrected chi connectivity index (χ2v) is 4.07. The maximum absolute atomic E-state index is 11.8. The Morgan fingerprint density at radius 1 is 1.53 bits per heavy atom. The van der Waals surface area contributed by atoms with Crippen LogP contribution in [0.1, 0.15) is 32.0 Å². The summed E-state index contributed by atoms with van der Waals surface area (Å²) in [5.41, 5.74) is 1.71. The molecule has 0 saturated heterocycles. The van der Waals surface area contributed by atoms with Crippen LogP contribution < -0.4 is 5.56 Å². The summed E-state index contributed by atoms with van der Waals surface area (Å²) in [6, 6.07) is 4.38. The van der Waals surface area contributed by atoms with E-state index in [1.807, 2.05) is 29.8 Å². The van der Waals surface area contributed by atoms with Crippen LogP contribution >= 0.6 is 0 Å². The summed E-state index contributed by atoms with van der Waals surface area (Å²) < 4.78 is 2.05. The third-order valence-electron chi connectivity index (χ3n) is 2.91. The Labute approximate surface area is 88.7 Å². The highest BCUT2D eigenvalue weighted by atomic mass is 16.1. The largest absolute Gasteiger partial charge is 0.340 e. The fraction of sp³-hybridized carbons (Fsp3) is 0.417.